The van der Waals surface area contributed by atoms with Crippen molar-refractivity contribution in [3.05, 3.63) is 29.6 Å². The molecule has 1 aliphatic heterocycles. The summed E-state index contributed by atoms with van der Waals surface area (Å²) in [6, 6.07) is 5.36. The monoisotopic (exact) mass is 236 g/mol. The molecule has 0 radical (unpaired) electrons. The summed E-state index contributed by atoms with van der Waals surface area (Å²) in [5.74, 6) is 0.532. The molecule has 1 fully saturated rings. The predicted octanol–water partition coefficient (Wildman–Crippen LogP) is 2.89. The van der Waals surface area contributed by atoms with Crippen LogP contribution >= 0.6 is 0 Å². The van der Waals surface area contributed by atoms with Crippen molar-refractivity contribution in [1.29, 1.82) is 0 Å². The van der Waals surface area contributed by atoms with E-state index in [1.807, 2.05) is 19.1 Å². The molecule has 0 saturated carbocycles. The van der Waals surface area contributed by atoms with Crippen LogP contribution in [0.5, 0.6) is 0 Å². The van der Waals surface area contributed by atoms with Crippen LogP contribution in [0.3, 0.4) is 0 Å². The molecule has 1 N–H and O–H groups in total. The highest BCUT2D eigenvalue weighted by Gasteiger charge is 2.16. The number of hydrogen-bond donors (Lipinski definition) is 1. The molecule has 0 unspecified atom stereocenters. The van der Waals surface area contributed by atoms with Gasteiger partial charge < -0.3 is 10.2 Å². The van der Waals surface area contributed by atoms with Crippen molar-refractivity contribution in [3.63, 3.8) is 0 Å². The third-order valence-electron chi connectivity index (χ3n) is 3.54. The fraction of sp³-hybridized carbons (Fsp3) is 0.571. The first kappa shape index (κ1) is 12.4. The number of benzene rings is 1. The summed E-state index contributed by atoms with van der Waals surface area (Å²) in [6.07, 6.45) is 2.41. The Labute approximate surface area is 103 Å². The number of anilines is 1. The molecule has 1 saturated heterocycles. The molecule has 3 heteroatoms. The fourth-order valence-electron chi connectivity index (χ4n) is 2.28. The molecule has 2 nitrogen and oxygen atoms in total. The average Bonchev–Trinajstić information content (AvgIpc) is 2.30. The van der Waals surface area contributed by atoms with Crippen molar-refractivity contribution in [2.45, 2.75) is 19.8 Å². The van der Waals surface area contributed by atoms with Gasteiger partial charge in [-0.1, -0.05) is 6.07 Å². The van der Waals surface area contributed by atoms with Crippen molar-refractivity contribution < 1.29 is 4.39 Å². The van der Waals surface area contributed by atoms with Crippen molar-refractivity contribution >= 4 is 5.69 Å². The standard InChI is InChI=1S/C14H21FN2/c1-11-3-4-14(13(15)9-11)16-10-12-5-7-17(2)8-6-12/h3-4,9,12,16H,5-8,10H2,1-2H3. The Balaban J connectivity index is 1.85. The van der Waals surface area contributed by atoms with Crippen LogP contribution in [0.4, 0.5) is 10.1 Å². The highest BCUT2D eigenvalue weighted by atomic mass is 19.1. The molecule has 17 heavy (non-hydrogen) atoms. The normalized spacial score (nSPS) is 18.3. The Morgan fingerprint density at radius 2 is 2.06 bits per heavy atom. The quantitative estimate of drug-likeness (QED) is 0.868. The third kappa shape index (κ3) is 3.43. The Morgan fingerprint density at radius 3 is 2.71 bits per heavy atom. The van der Waals surface area contributed by atoms with E-state index in [4.69, 9.17) is 0 Å². The number of aryl methyl sites for hydroxylation is 1. The lowest BCUT2D eigenvalue weighted by atomic mass is 9.97. The second-order valence-electron chi connectivity index (χ2n) is 5.11. The summed E-state index contributed by atoms with van der Waals surface area (Å²) in [6.45, 7) is 5.10. The summed E-state index contributed by atoms with van der Waals surface area (Å²) >= 11 is 0. The molecule has 1 aromatic carbocycles. The van der Waals surface area contributed by atoms with E-state index in [0.29, 0.717) is 11.6 Å². The molecule has 0 spiro atoms. The predicted molar refractivity (Wildman–Crippen MR) is 69.8 cm³/mol. The third-order valence-corrected chi connectivity index (χ3v) is 3.54. The number of hydrogen-bond acceptors (Lipinski definition) is 2. The van der Waals surface area contributed by atoms with Crippen molar-refractivity contribution in [2.75, 3.05) is 32.0 Å². The van der Waals surface area contributed by atoms with Crippen LogP contribution in [0, 0.1) is 18.7 Å². The average molecular weight is 236 g/mol. The Morgan fingerprint density at radius 1 is 1.35 bits per heavy atom. The maximum absolute atomic E-state index is 13.6. The van der Waals surface area contributed by atoms with Gasteiger partial charge in [-0.05, 0) is 63.5 Å². The van der Waals surface area contributed by atoms with Crippen LogP contribution < -0.4 is 5.32 Å². The van der Waals surface area contributed by atoms with Crippen LogP contribution in [-0.4, -0.2) is 31.6 Å². The maximum Gasteiger partial charge on any atom is 0.146 e. The van der Waals surface area contributed by atoms with Crippen molar-refractivity contribution in [3.8, 4) is 0 Å². The van der Waals surface area contributed by atoms with Gasteiger partial charge in [0, 0.05) is 6.54 Å². The van der Waals surface area contributed by atoms with Crippen molar-refractivity contribution in [2.24, 2.45) is 5.92 Å². The van der Waals surface area contributed by atoms with Crippen LogP contribution in [0.1, 0.15) is 18.4 Å². The molecular weight excluding hydrogens is 215 g/mol. The topological polar surface area (TPSA) is 15.3 Å². The smallest absolute Gasteiger partial charge is 0.146 e. The highest BCUT2D eigenvalue weighted by Crippen LogP contribution is 2.19. The SMILES string of the molecule is Cc1ccc(NCC2CCN(C)CC2)c(F)c1. The minimum absolute atomic E-state index is 0.141. The molecule has 2 rings (SSSR count). The van der Waals surface area contributed by atoms with E-state index in [1.54, 1.807) is 6.07 Å². The van der Waals surface area contributed by atoms with Gasteiger partial charge in [0.05, 0.1) is 5.69 Å². The first-order valence-electron chi connectivity index (χ1n) is 6.33. The number of rotatable bonds is 3. The summed E-state index contributed by atoms with van der Waals surface area (Å²) in [7, 11) is 2.16. The Kier molecular flexibility index (Phi) is 4.00. The summed E-state index contributed by atoms with van der Waals surface area (Å²) in [4.78, 5) is 2.35. The molecular formula is C14H21FN2. The first-order chi connectivity index (χ1) is 8.15. The molecule has 0 atom stereocenters. The van der Waals surface area contributed by atoms with E-state index < -0.39 is 0 Å². The maximum atomic E-state index is 13.6. The molecule has 0 amide bonds. The van der Waals surface area contributed by atoms with Gasteiger partial charge in [-0.2, -0.15) is 0 Å². The summed E-state index contributed by atoms with van der Waals surface area (Å²) < 4.78 is 13.6. The molecule has 0 aromatic heterocycles. The minimum Gasteiger partial charge on any atom is -0.382 e. The van der Waals surface area contributed by atoms with Gasteiger partial charge in [0.2, 0.25) is 0 Å². The minimum atomic E-state index is -0.141. The van der Waals surface area contributed by atoms with E-state index in [-0.39, 0.29) is 5.82 Å². The molecule has 1 aromatic rings. The fourth-order valence-corrected chi connectivity index (χ4v) is 2.28. The van der Waals surface area contributed by atoms with Crippen LogP contribution in [0.2, 0.25) is 0 Å². The van der Waals surface area contributed by atoms with Gasteiger partial charge in [-0.3, -0.25) is 0 Å². The van der Waals surface area contributed by atoms with Gasteiger partial charge in [-0.15, -0.1) is 0 Å². The second kappa shape index (κ2) is 5.50. The van der Waals surface area contributed by atoms with Gasteiger partial charge in [0.25, 0.3) is 0 Å². The largest absolute Gasteiger partial charge is 0.382 e. The zero-order valence-corrected chi connectivity index (χ0v) is 10.7. The van der Waals surface area contributed by atoms with E-state index in [0.717, 1.165) is 25.2 Å². The first-order valence-corrected chi connectivity index (χ1v) is 6.33. The molecule has 94 valence electrons. The number of halogens is 1. The highest BCUT2D eigenvalue weighted by molar-refractivity contribution is 5.46. The zero-order valence-electron chi connectivity index (χ0n) is 10.7. The van der Waals surface area contributed by atoms with E-state index in [2.05, 4.69) is 17.3 Å². The lowest BCUT2D eigenvalue weighted by Gasteiger charge is -2.29. The van der Waals surface area contributed by atoms with Crippen LogP contribution in [0.25, 0.3) is 0 Å². The number of nitrogens with one attached hydrogen (secondary N) is 1. The molecule has 0 aliphatic carbocycles. The van der Waals surface area contributed by atoms with Gasteiger partial charge in [0.15, 0.2) is 0 Å². The van der Waals surface area contributed by atoms with Gasteiger partial charge in [0.1, 0.15) is 5.82 Å². The lowest BCUT2D eigenvalue weighted by molar-refractivity contribution is 0.226. The summed E-state index contributed by atoms with van der Waals surface area (Å²) in [5, 5.41) is 3.23. The van der Waals surface area contributed by atoms with E-state index >= 15 is 0 Å². The van der Waals surface area contributed by atoms with E-state index in [1.165, 1.54) is 12.8 Å². The number of nitrogens with zero attached hydrogens (tertiary/aromatic N) is 1. The van der Waals surface area contributed by atoms with Gasteiger partial charge >= 0.3 is 0 Å². The second-order valence-corrected chi connectivity index (χ2v) is 5.11. The van der Waals surface area contributed by atoms with E-state index in [9.17, 15) is 4.39 Å². The van der Waals surface area contributed by atoms with Gasteiger partial charge in [-0.25, -0.2) is 4.39 Å². The van der Waals surface area contributed by atoms with Crippen LogP contribution in [-0.2, 0) is 0 Å². The summed E-state index contributed by atoms with van der Waals surface area (Å²) in [5.41, 5.74) is 1.60. The van der Waals surface area contributed by atoms with Crippen LogP contribution in [0.15, 0.2) is 18.2 Å². The lowest BCUT2D eigenvalue weighted by Crippen LogP contribution is -2.33. The zero-order chi connectivity index (χ0) is 12.3. The molecule has 0 bridgehead atoms. The molecule has 1 heterocycles. The Bertz CT molecular complexity index is 370. The number of likely N-dealkylation sites (tertiary alicyclic amines) is 1. The van der Waals surface area contributed by atoms with Crippen molar-refractivity contribution in [1.82, 2.24) is 4.90 Å². The number of piperidine rings is 1. The Hall–Kier alpha value is -1.09. The molecule has 1 aliphatic rings.